The van der Waals surface area contributed by atoms with Crippen molar-refractivity contribution in [2.75, 3.05) is 5.43 Å². The van der Waals surface area contributed by atoms with Gasteiger partial charge in [0.2, 0.25) is 0 Å². The minimum atomic E-state index is -4.12. The molecular formula is C16H18N2O4S. The minimum absolute atomic E-state index is 0.0497. The van der Waals surface area contributed by atoms with Crippen LogP contribution in [0.1, 0.15) is 24.0 Å². The Bertz CT molecular complexity index is 784. The molecule has 0 heterocycles. The number of hydrogen-bond acceptors (Lipinski definition) is 6. The summed E-state index contributed by atoms with van der Waals surface area (Å²) in [5, 5.41) is 0. The van der Waals surface area contributed by atoms with Crippen molar-refractivity contribution >= 4 is 21.8 Å². The van der Waals surface area contributed by atoms with Crippen LogP contribution in [0.15, 0.2) is 53.4 Å². The Labute approximate surface area is 135 Å². The average molecular weight is 334 g/mol. The van der Waals surface area contributed by atoms with E-state index in [0.717, 1.165) is 5.56 Å². The molecule has 0 aliphatic carbocycles. The van der Waals surface area contributed by atoms with Crippen molar-refractivity contribution < 1.29 is 17.4 Å². The quantitative estimate of drug-likeness (QED) is 0.495. The lowest BCUT2D eigenvalue weighted by Crippen LogP contribution is -2.18. The van der Waals surface area contributed by atoms with E-state index in [1.165, 1.54) is 12.1 Å². The molecule has 0 saturated heterocycles. The predicted molar refractivity (Wildman–Crippen MR) is 87.1 cm³/mol. The highest BCUT2D eigenvalue weighted by Gasteiger charge is 2.25. The van der Waals surface area contributed by atoms with E-state index in [9.17, 15) is 13.2 Å². The maximum absolute atomic E-state index is 12.1. The van der Waals surface area contributed by atoms with Gasteiger partial charge in [-0.25, -0.2) is 0 Å². The number of nitrogen functional groups attached to an aromatic ring is 1. The van der Waals surface area contributed by atoms with Crippen LogP contribution in [0.3, 0.4) is 0 Å². The van der Waals surface area contributed by atoms with Crippen molar-refractivity contribution in [3.05, 3.63) is 59.7 Å². The van der Waals surface area contributed by atoms with E-state index in [2.05, 4.69) is 5.43 Å². The third-order valence-electron chi connectivity index (χ3n) is 3.43. The summed E-state index contributed by atoms with van der Waals surface area (Å²) in [6.45, 7) is 3.42. The molecule has 1 unspecified atom stereocenters. The molecule has 0 fully saturated rings. The van der Waals surface area contributed by atoms with E-state index in [0.29, 0.717) is 11.3 Å². The summed E-state index contributed by atoms with van der Waals surface area (Å²) in [5.41, 5.74) is 4.70. The van der Waals surface area contributed by atoms with Crippen molar-refractivity contribution in [1.82, 2.24) is 0 Å². The SMILES string of the molecule is Cc1ccc(S(=O)(=O)OC(=O)C(C)c2ccc(NN)cc2)cc1. The average Bonchev–Trinajstić information content (AvgIpc) is 2.54. The monoisotopic (exact) mass is 334 g/mol. The number of anilines is 1. The van der Waals surface area contributed by atoms with Crippen LogP contribution < -0.4 is 11.3 Å². The molecule has 23 heavy (non-hydrogen) atoms. The Hall–Kier alpha value is -2.38. The number of rotatable bonds is 5. The molecule has 0 amide bonds. The fraction of sp³-hybridized carbons (Fsp3) is 0.188. The standard InChI is InChI=1S/C16H18N2O4S/c1-11-3-9-15(10-4-11)23(20,21)22-16(19)12(2)13-5-7-14(18-17)8-6-13/h3-10,12,18H,17H2,1-2H3. The molecule has 2 aromatic rings. The largest absolute Gasteiger partial charge is 0.342 e. The summed E-state index contributed by atoms with van der Waals surface area (Å²) in [7, 11) is -4.12. The zero-order valence-electron chi connectivity index (χ0n) is 12.8. The predicted octanol–water partition coefficient (Wildman–Crippen LogP) is 2.32. The smallest absolute Gasteiger partial charge is 0.341 e. The molecular weight excluding hydrogens is 316 g/mol. The summed E-state index contributed by atoms with van der Waals surface area (Å²) >= 11 is 0. The van der Waals surface area contributed by atoms with E-state index >= 15 is 0 Å². The first-order chi connectivity index (χ1) is 10.8. The Morgan fingerprint density at radius 1 is 1.09 bits per heavy atom. The van der Waals surface area contributed by atoms with Gasteiger partial charge in [-0.2, -0.15) is 8.42 Å². The summed E-state index contributed by atoms with van der Waals surface area (Å²) in [5.74, 6) is 3.72. The topological polar surface area (TPSA) is 98.5 Å². The van der Waals surface area contributed by atoms with Crippen LogP contribution in [0.25, 0.3) is 0 Å². The Morgan fingerprint density at radius 3 is 2.17 bits per heavy atom. The van der Waals surface area contributed by atoms with Gasteiger partial charge in [0.25, 0.3) is 0 Å². The first kappa shape index (κ1) is 17.0. The maximum atomic E-state index is 12.1. The molecule has 7 heteroatoms. The summed E-state index contributed by atoms with van der Waals surface area (Å²) in [4.78, 5) is 12.1. The van der Waals surface area contributed by atoms with E-state index < -0.39 is 22.0 Å². The highest BCUT2D eigenvalue weighted by atomic mass is 32.2. The zero-order chi connectivity index (χ0) is 17.0. The lowest BCUT2D eigenvalue weighted by Gasteiger charge is -2.12. The molecule has 0 saturated carbocycles. The fourth-order valence-electron chi connectivity index (χ4n) is 1.94. The van der Waals surface area contributed by atoms with E-state index in [-0.39, 0.29) is 4.90 Å². The van der Waals surface area contributed by atoms with Gasteiger partial charge >= 0.3 is 16.1 Å². The van der Waals surface area contributed by atoms with Gasteiger partial charge in [0.1, 0.15) is 4.90 Å². The first-order valence-corrected chi connectivity index (χ1v) is 8.36. The van der Waals surface area contributed by atoms with Gasteiger partial charge in [-0.05, 0) is 43.7 Å². The van der Waals surface area contributed by atoms with Crippen LogP contribution in [0.4, 0.5) is 5.69 Å². The van der Waals surface area contributed by atoms with Gasteiger partial charge in [-0.15, -0.1) is 0 Å². The molecule has 3 N–H and O–H groups in total. The van der Waals surface area contributed by atoms with Gasteiger partial charge in [-0.3, -0.25) is 10.6 Å². The maximum Gasteiger partial charge on any atom is 0.341 e. The van der Waals surface area contributed by atoms with Crippen molar-refractivity contribution in [1.29, 1.82) is 0 Å². The number of aryl methyl sites for hydroxylation is 1. The van der Waals surface area contributed by atoms with E-state index in [4.69, 9.17) is 10.0 Å². The van der Waals surface area contributed by atoms with Crippen LogP contribution in [0.2, 0.25) is 0 Å². The van der Waals surface area contributed by atoms with Gasteiger partial charge in [0.15, 0.2) is 0 Å². The summed E-state index contributed by atoms with van der Waals surface area (Å²) < 4.78 is 29.0. The van der Waals surface area contributed by atoms with Gasteiger partial charge in [0, 0.05) is 5.69 Å². The highest BCUT2D eigenvalue weighted by molar-refractivity contribution is 7.87. The van der Waals surface area contributed by atoms with Crippen LogP contribution in [0.5, 0.6) is 0 Å². The van der Waals surface area contributed by atoms with Crippen molar-refractivity contribution in [3.63, 3.8) is 0 Å². The zero-order valence-corrected chi connectivity index (χ0v) is 13.6. The third kappa shape index (κ3) is 4.08. The van der Waals surface area contributed by atoms with Crippen LogP contribution in [-0.2, 0) is 19.1 Å². The minimum Gasteiger partial charge on any atom is -0.342 e. The summed E-state index contributed by atoms with van der Waals surface area (Å²) in [6.07, 6.45) is 0. The first-order valence-electron chi connectivity index (χ1n) is 6.95. The van der Waals surface area contributed by atoms with Crippen LogP contribution in [-0.4, -0.2) is 14.4 Å². The fourth-order valence-corrected chi connectivity index (χ4v) is 2.86. The lowest BCUT2D eigenvalue weighted by atomic mass is 10.0. The Morgan fingerprint density at radius 2 is 1.65 bits per heavy atom. The number of carbonyl (C=O) groups excluding carboxylic acids is 1. The molecule has 6 nitrogen and oxygen atoms in total. The molecule has 1 atom stereocenters. The van der Waals surface area contributed by atoms with Crippen LogP contribution >= 0.6 is 0 Å². The second kappa shape index (κ2) is 6.80. The van der Waals surface area contributed by atoms with Gasteiger partial charge in [0.05, 0.1) is 5.92 Å². The molecule has 122 valence electrons. The molecule has 0 bridgehead atoms. The number of nitrogens with two attached hydrogens (primary N) is 1. The molecule has 0 spiro atoms. The van der Waals surface area contributed by atoms with Crippen molar-refractivity contribution in [2.24, 2.45) is 5.84 Å². The molecule has 2 rings (SSSR count). The van der Waals surface area contributed by atoms with Gasteiger partial charge in [-0.1, -0.05) is 29.8 Å². The number of hydrogen-bond donors (Lipinski definition) is 2. The molecule has 0 aliphatic rings. The van der Waals surface area contributed by atoms with E-state index in [1.54, 1.807) is 43.3 Å². The Kier molecular flexibility index (Phi) is 5.02. The molecule has 0 aliphatic heterocycles. The normalized spacial score (nSPS) is 12.5. The Balaban J connectivity index is 2.14. The van der Waals surface area contributed by atoms with Gasteiger partial charge < -0.3 is 9.61 Å². The summed E-state index contributed by atoms with van der Waals surface area (Å²) in [6, 6.07) is 12.8. The number of nitrogens with one attached hydrogen (secondary N) is 1. The van der Waals surface area contributed by atoms with Crippen LogP contribution in [0, 0.1) is 6.92 Å². The second-order valence-corrected chi connectivity index (χ2v) is 6.70. The van der Waals surface area contributed by atoms with Crippen molar-refractivity contribution in [2.45, 2.75) is 24.7 Å². The molecule has 0 aromatic heterocycles. The van der Waals surface area contributed by atoms with Crippen molar-refractivity contribution in [3.8, 4) is 0 Å². The second-order valence-electron chi connectivity index (χ2n) is 5.16. The number of benzene rings is 2. The highest BCUT2D eigenvalue weighted by Crippen LogP contribution is 2.22. The molecule has 2 aromatic carbocycles. The third-order valence-corrected chi connectivity index (χ3v) is 4.67. The lowest BCUT2D eigenvalue weighted by molar-refractivity contribution is -0.135. The molecule has 0 radical (unpaired) electrons. The number of carbonyl (C=O) groups is 1. The number of hydrazine groups is 1. The van der Waals surface area contributed by atoms with E-state index in [1.807, 2.05) is 6.92 Å².